The molecule has 0 N–H and O–H groups in total. The molecule has 9 nitrogen and oxygen atoms in total. The number of aromatic nitrogens is 1. The fourth-order valence-corrected chi connectivity index (χ4v) is 4.09. The van der Waals surface area contributed by atoms with Gasteiger partial charge in [0.1, 0.15) is 18.5 Å². The Bertz CT molecular complexity index is 1420. The SMILES string of the molecule is O=C(OC[C@H]1O[C@@H](Oc2cccnc2)[C@H](OC(=O)c2ccccc2)[C@@H]1OC(=O)c1ccccc1)c1ccccc1. The van der Waals surface area contributed by atoms with E-state index in [9.17, 15) is 14.4 Å². The first-order valence-electron chi connectivity index (χ1n) is 12.5. The number of nitrogens with zero attached hydrogens (tertiary/aromatic N) is 1. The molecule has 2 heterocycles. The number of hydrogen-bond acceptors (Lipinski definition) is 9. The number of carbonyl (C=O) groups excluding carboxylic acids is 3. The Morgan fingerprint density at radius 1 is 0.650 bits per heavy atom. The van der Waals surface area contributed by atoms with E-state index in [2.05, 4.69) is 4.98 Å². The summed E-state index contributed by atoms with van der Waals surface area (Å²) in [5, 5.41) is 0. The Morgan fingerprint density at radius 2 is 1.18 bits per heavy atom. The van der Waals surface area contributed by atoms with Crippen LogP contribution in [0.25, 0.3) is 0 Å². The van der Waals surface area contributed by atoms with Crippen LogP contribution in [0.4, 0.5) is 0 Å². The molecule has 5 rings (SSSR count). The summed E-state index contributed by atoms with van der Waals surface area (Å²) in [4.78, 5) is 42.9. The van der Waals surface area contributed by atoms with Gasteiger partial charge in [-0.25, -0.2) is 14.4 Å². The summed E-state index contributed by atoms with van der Waals surface area (Å²) >= 11 is 0. The molecule has 0 unspecified atom stereocenters. The third-order valence-corrected chi connectivity index (χ3v) is 6.05. The lowest BCUT2D eigenvalue weighted by Crippen LogP contribution is -2.43. The van der Waals surface area contributed by atoms with Crippen molar-refractivity contribution in [3.05, 3.63) is 132 Å². The number of pyridine rings is 1. The molecule has 9 heteroatoms. The van der Waals surface area contributed by atoms with Gasteiger partial charge in [-0.2, -0.15) is 0 Å². The zero-order valence-electron chi connectivity index (χ0n) is 21.2. The summed E-state index contributed by atoms with van der Waals surface area (Å²) in [5.41, 5.74) is 0.913. The predicted molar refractivity (Wildman–Crippen MR) is 142 cm³/mol. The van der Waals surface area contributed by atoms with Gasteiger partial charge in [-0.05, 0) is 48.5 Å². The highest BCUT2D eigenvalue weighted by molar-refractivity contribution is 5.91. The van der Waals surface area contributed by atoms with Gasteiger partial charge >= 0.3 is 17.9 Å². The van der Waals surface area contributed by atoms with Crippen molar-refractivity contribution >= 4 is 17.9 Å². The average Bonchev–Trinajstić information content (AvgIpc) is 3.32. The Hall–Kier alpha value is -5.02. The molecular weight excluding hydrogens is 514 g/mol. The lowest BCUT2D eigenvalue weighted by molar-refractivity contribution is -0.120. The highest BCUT2D eigenvalue weighted by atomic mass is 16.7. The van der Waals surface area contributed by atoms with Crippen LogP contribution in [-0.4, -0.2) is 54.1 Å². The van der Waals surface area contributed by atoms with Crippen molar-refractivity contribution in [2.24, 2.45) is 0 Å². The second-order valence-electron chi connectivity index (χ2n) is 8.79. The van der Waals surface area contributed by atoms with Crippen LogP contribution in [0, 0.1) is 0 Å². The monoisotopic (exact) mass is 539 g/mol. The fourth-order valence-electron chi connectivity index (χ4n) is 4.09. The van der Waals surface area contributed by atoms with Gasteiger partial charge in [0.2, 0.25) is 12.4 Å². The molecule has 1 aliphatic heterocycles. The molecule has 0 aliphatic carbocycles. The molecule has 0 spiro atoms. The normalized spacial score (nSPS) is 19.8. The van der Waals surface area contributed by atoms with Crippen LogP contribution in [0.5, 0.6) is 5.75 Å². The van der Waals surface area contributed by atoms with Crippen molar-refractivity contribution in [2.45, 2.75) is 24.6 Å². The third-order valence-electron chi connectivity index (χ3n) is 6.05. The fraction of sp³-hybridized carbons (Fsp3) is 0.161. The largest absolute Gasteiger partial charge is 0.459 e. The second kappa shape index (κ2) is 12.7. The van der Waals surface area contributed by atoms with E-state index in [1.165, 1.54) is 6.20 Å². The molecule has 4 aromatic rings. The molecule has 40 heavy (non-hydrogen) atoms. The van der Waals surface area contributed by atoms with E-state index in [1.54, 1.807) is 109 Å². The minimum absolute atomic E-state index is 0.285. The van der Waals surface area contributed by atoms with E-state index in [1.807, 2.05) is 0 Å². The van der Waals surface area contributed by atoms with Crippen molar-refractivity contribution in [2.75, 3.05) is 6.61 Å². The van der Waals surface area contributed by atoms with Crippen LogP contribution < -0.4 is 4.74 Å². The first-order chi connectivity index (χ1) is 19.6. The summed E-state index contributed by atoms with van der Waals surface area (Å²) < 4.78 is 29.2. The van der Waals surface area contributed by atoms with E-state index < -0.39 is 42.5 Å². The topological polar surface area (TPSA) is 110 Å². The molecule has 0 bridgehead atoms. The van der Waals surface area contributed by atoms with Crippen molar-refractivity contribution in [1.29, 1.82) is 0 Å². The molecule has 0 amide bonds. The summed E-state index contributed by atoms with van der Waals surface area (Å²) in [5.74, 6) is -1.59. The second-order valence-corrected chi connectivity index (χ2v) is 8.79. The Kier molecular flexibility index (Phi) is 8.43. The van der Waals surface area contributed by atoms with E-state index in [0.29, 0.717) is 11.3 Å². The lowest BCUT2D eigenvalue weighted by atomic mass is 10.1. The molecule has 0 radical (unpaired) electrons. The Balaban J connectivity index is 1.43. The maximum atomic E-state index is 13.1. The smallest absolute Gasteiger partial charge is 0.338 e. The maximum absolute atomic E-state index is 13.1. The van der Waals surface area contributed by atoms with E-state index in [0.717, 1.165) is 0 Å². The number of ether oxygens (including phenoxy) is 5. The summed E-state index contributed by atoms with van der Waals surface area (Å²) in [6.45, 7) is -0.299. The lowest BCUT2D eigenvalue weighted by Gasteiger charge is -2.24. The number of carbonyl (C=O) groups is 3. The summed E-state index contributed by atoms with van der Waals surface area (Å²) in [7, 11) is 0. The molecule has 1 aromatic heterocycles. The first kappa shape index (κ1) is 26.6. The zero-order chi connectivity index (χ0) is 27.7. The average molecular weight is 540 g/mol. The number of rotatable bonds is 9. The minimum atomic E-state index is -1.21. The van der Waals surface area contributed by atoms with Crippen molar-refractivity contribution in [1.82, 2.24) is 4.98 Å². The third kappa shape index (κ3) is 6.51. The Morgan fingerprint density at radius 3 is 1.70 bits per heavy atom. The van der Waals surface area contributed by atoms with Gasteiger partial charge in [-0.1, -0.05) is 54.6 Å². The van der Waals surface area contributed by atoms with E-state index >= 15 is 0 Å². The van der Waals surface area contributed by atoms with Crippen LogP contribution in [0.15, 0.2) is 116 Å². The highest BCUT2D eigenvalue weighted by Crippen LogP contribution is 2.31. The maximum Gasteiger partial charge on any atom is 0.338 e. The number of hydrogen-bond donors (Lipinski definition) is 0. The zero-order valence-corrected chi connectivity index (χ0v) is 21.2. The van der Waals surface area contributed by atoms with Crippen LogP contribution >= 0.6 is 0 Å². The molecule has 1 fully saturated rings. The molecule has 0 saturated carbocycles. The van der Waals surface area contributed by atoms with E-state index in [-0.39, 0.29) is 17.7 Å². The van der Waals surface area contributed by atoms with Gasteiger partial charge in [-0.15, -0.1) is 0 Å². The predicted octanol–water partition coefficient (Wildman–Crippen LogP) is 4.49. The summed E-state index contributed by atoms with van der Waals surface area (Å²) in [6.07, 6.45) is -1.56. The summed E-state index contributed by atoms with van der Waals surface area (Å²) in [6, 6.07) is 28.5. The molecule has 3 aromatic carbocycles. The molecule has 1 aliphatic rings. The van der Waals surface area contributed by atoms with Crippen LogP contribution in [-0.2, 0) is 18.9 Å². The van der Waals surface area contributed by atoms with Gasteiger partial charge in [0.15, 0.2) is 6.10 Å². The molecule has 202 valence electrons. The van der Waals surface area contributed by atoms with Crippen LogP contribution in [0.1, 0.15) is 31.1 Å². The standard InChI is InChI=1S/C31H25NO8/c33-28(21-11-4-1-5-12-21)36-20-25-26(39-29(34)22-13-6-2-7-14-22)27(40-30(35)23-15-8-3-9-16-23)31(38-25)37-24-17-10-18-32-19-24/h1-19,25-27,31H,20H2/t25-,26-,27-,31-/m1/s1. The quantitative estimate of drug-likeness (QED) is 0.224. The van der Waals surface area contributed by atoms with Crippen molar-refractivity contribution < 1.29 is 38.1 Å². The van der Waals surface area contributed by atoms with E-state index in [4.69, 9.17) is 23.7 Å². The highest BCUT2D eigenvalue weighted by Gasteiger charge is 2.52. The van der Waals surface area contributed by atoms with Crippen molar-refractivity contribution in [3.63, 3.8) is 0 Å². The van der Waals surface area contributed by atoms with Gasteiger partial charge in [-0.3, -0.25) is 4.98 Å². The molecular formula is C31H25NO8. The van der Waals surface area contributed by atoms with Gasteiger partial charge in [0.25, 0.3) is 0 Å². The number of benzene rings is 3. The minimum Gasteiger partial charge on any atom is -0.459 e. The first-order valence-corrected chi connectivity index (χ1v) is 12.5. The van der Waals surface area contributed by atoms with Crippen molar-refractivity contribution in [3.8, 4) is 5.75 Å². The Labute approximate surface area is 230 Å². The molecule has 1 saturated heterocycles. The van der Waals surface area contributed by atoms with Crippen LogP contribution in [0.3, 0.4) is 0 Å². The molecule has 4 atom stereocenters. The van der Waals surface area contributed by atoms with Gasteiger partial charge < -0.3 is 23.7 Å². The van der Waals surface area contributed by atoms with Gasteiger partial charge in [0, 0.05) is 6.20 Å². The van der Waals surface area contributed by atoms with Gasteiger partial charge in [0.05, 0.1) is 22.9 Å². The number of esters is 3. The van der Waals surface area contributed by atoms with Crippen LogP contribution in [0.2, 0.25) is 0 Å².